The summed E-state index contributed by atoms with van der Waals surface area (Å²) in [5, 5.41) is 0.958. The number of aryl methyl sites for hydroxylation is 1. The van der Waals surface area contributed by atoms with Crippen LogP contribution in [0.3, 0.4) is 0 Å². The van der Waals surface area contributed by atoms with E-state index in [2.05, 4.69) is 14.3 Å². The van der Waals surface area contributed by atoms with E-state index in [1.54, 1.807) is 0 Å². The smallest absolute Gasteiger partial charge is 0.309 e. The van der Waals surface area contributed by atoms with Crippen LogP contribution in [0, 0.1) is 12.8 Å². The maximum atomic E-state index is 12.0. The van der Waals surface area contributed by atoms with Gasteiger partial charge in [-0.3, -0.25) is 4.79 Å². The second-order valence-electron chi connectivity index (χ2n) is 5.92. The van der Waals surface area contributed by atoms with E-state index in [1.165, 1.54) is 11.5 Å². The molecule has 0 aromatic carbocycles. The third-order valence-corrected chi connectivity index (χ3v) is 3.89. The molecule has 106 valence electrons. The Kier molecular flexibility index (Phi) is 4.08. The summed E-state index contributed by atoms with van der Waals surface area (Å²) in [6.45, 7) is 9.31. The van der Waals surface area contributed by atoms with Gasteiger partial charge in [0.15, 0.2) is 0 Å². The zero-order valence-electron chi connectivity index (χ0n) is 12.0. The summed E-state index contributed by atoms with van der Waals surface area (Å²) in [6, 6.07) is 0. The van der Waals surface area contributed by atoms with Crippen molar-refractivity contribution < 1.29 is 9.53 Å². The van der Waals surface area contributed by atoms with Gasteiger partial charge in [-0.15, -0.1) is 0 Å². The highest BCUT2D eigenvalue weighted by Gasteiger charge is 2.29. The molecule has 0 amide bonds. The second kappa shape index (κ2) is 5.45. The molecule has 1 aromatic rings. The first-order valence-electron chi connectivity index (χ1n) is 6.63. The van der Waals surface area contributed by atoms with Gasteiger partial charge in [0.2, 0.25) is 5.13 Å². The molecule has 19 heavy (non-hydrogen) atoms. The van der Waals surface area contributed by atoms with E-state index in [4.69, 9.17) is 4.74 Å². The Morgan fingerprint density at radius 1 is 1.37 bits per heavy atom. The van der Waals surface area contributed by atoms with Crippen LogP contribution in [-0.2, 0) is 9.53 Å². The van der Waals surface area contributed by atoms with Crippen LogP contribution in [0.5, 0.6) is 0 Å². The zero-order chi connectivity index (χ0) is 14.0. The van der Waals surface area contributed by atoms with Gasteiger partial charge in [0, 0.05) is 24.6 Å². The molecule has 0 saturated carbocycles. The van der Waals surface area contributed by atoms with Crippen molar-refractivity contribution in [3.63, 3.8) is 0 Å². The Balaban J connectivity index is 1.87. The molecule has 0 aliphatic carbocycles. The number of anilines is 1. The molecule has 1 aliphatic heterocycles. The molecule has 0 radical (unpaired) electrons. The van der Waals surface area contributed by atoms with Gasteiger partial charge in [-0.2, -0.15) is 4.37 Å². The van der Waals surface area contributed by atoms with Crippen LogP contribution < -0.4 is 4.90 Å². The minimum Gasteiger partial charge on any atom is -0.460 e. The lowest BCUT2D eigenvalue weighted by atomic mass is 9.97. The monoisotopic (exact) mass is 283 g/mol. The van der Waals surface area contributed by atoms with E-state index in [0.29, 0.717) is 0 Å². The molecule has 6 heteroatoms. The lowest BCUT2D eigenvalue weighted by molar-refractivity contribution is -0.160. The molecule has 1 saturated heterocycles. The number of ether oxygens (including phenoxy) is 1. The number of hydrogen-bond donors (Lipinski definition) is 0. The SMILES string of the molecule is Cc1nsc(N2CCC(C(=O)OC(C)(C)C)CC2)n1. The summed E-state index contributed by atoms with van der Waals surface area (Å²) in [5.41, 5.74) is -0.398. The standard InChI is InChI=1S/C13H21N3O2S/c1-9-14-12(19-15-9)16-7-5-10(6-8-16)11(17)18-13(2,3)4/h10H,5-8H2,1-4H3. The third kappa shape index (κ3) is 3.89. The van der Waals surface area contributed by atoms with Gasteiger partial charge in [0.05, 0.1) is 5.92 Å². The minimum absolute atomic E-state index is 0.0180. The highest BCUT2D eigenvalue weighted by molar-refractivity contribution is 7.09. The molecule has 0 bridgehead atoms. The Morgan fingerprint density at radius 2 is 2.00 bits per heavy atom. The molecule has 2 rings (SSSR count). The van der Waals surface area contributed by atoms with Crippen molar-refractivity contribution in [1.82, 2.24) is 9.36 Å². The van der Waals surface area contributed by atoms with Gasteiger partial charge in [-0.25, -0.2) is 4.98 Å². The van der Waals surface area contributed by atoms with Gasteiger partial charge < -0.3 is 9.64 Å². The molecule has 0 atom stereocenters. The molecule has 2 heterocycles. The second-order valence-corrected chi connectivity index (χ2v) is 6.65. The maximum Gasteiger partial charge on any atom is 0.309 e. The number of piperidine rings is 1. The van der Waals surface area contributed by atoms with Crippen molar-refractivity contribution in [2.75, 3.05) is 18.0 Å². The summed E-state index contributed by atoms with van der Waals surface area (Å²) in [4.78, 5) is 18.6. The number of nitrogens with zero attached hydrogens (tertiary/aromatic N) is 3. The molecule has 1 aliphatic rings. The zero-order valence-corrected chi connectivity index (χ0v) is 12.8. The minimum atomic E-state index is -0.398. The average molecular weight is 283 g/mol. The predicted octanol–water partition coefficient (Wildman–Crippen LogP) is 2.40. The first-order valence-corrected chi connectivity index (χ1v) is 7.40. The summed E-state index contributed by atoms with van der Waals surface area (Å²) >= 11 is 1.42. The van der Waals surface area contributed by atoms with E-state index >= 15 is 0 Å². The summed E-state index contributed by atoms with van der Waals surface area (Å²) in [6.07, 6.45) is 1.65. The molecular weight excluding hydrogens is 262 g/mol. The lowest BCUT2D eigenvalue weighted by Crippen LogP contribution is -2.38. The number of carbonyl (C=O) groups excluding carboxylic acids is 1. The quantitative estimate of drug-likeness (QED) is 0.780. The fraction of sp³-hybridized carbons (Fsp3) is 0.769. The highest BCUT2D eigenvalue weighted by atomic mass is 32.1. The van der Waals surface area contributed by atoms with Gasteiger partial charge in [-0.05, 0) is 40.5 Å². The molecule has 5 nitrogen and oxygen atoms in total. The Hall–Kier alpha value is -1.17. The van der Waals surface area contributed by atoms with Gasteiger partial charge in [0.1, 0.15) is 11.4 Å². The van der Waals surface area contributed by atoms with Gasteiger partial charge in [0.25, 0.3) is 0 Å². The molecule has 1 fully saturated rings. The summed E-state index contributed by atoms with van der Waals surface area (Å²) < 4.78 is 9.63. The van der Waals surface area contributed by atoms with E-state index in [-0.39, 0.29) is 11.9 Å². The number of carbonyl (C=O) groups is 1. The third-order valence-electron chi connectivity index (χ3n) is 3.02. The fourth-order valence-corrected chi connectivity index (χ4v) is 2.83. The van der Waals surface area contributed by atoms with E-state index in [0.717, 1.165) is 36.9 Å². The predicted molar refractivity (Wildman–Crippen MR) is 75.4 cm³/mol. The summed E-state index contributed by atoms with van der Waals surface area (Å²) in [5.74, 6) is 0.763. The molecular formula is C13H21N3O2S. The Labute approximate surface area is 118 Å². The lowest BCUT2D eigenvalue weighted by Gasteiger charge is -2.32. The van der Waals surface area contributed by atoms with Crippen molar-refractivity contribution in [3.05, 3.63) is 5.82 Å². The van der Waals surface area contributed by atoms with Crippen LogP contribution >= 0.6 is 11.5 Å². The van der Waals surface area contributed by atoms with E-state index in [1.807, 2.05) is 27.7 Å². The molecule has 1 aromatic heterocycles. The first-order chi connectivity index (χ1) is 8.85. The number of hydrogen-bond acceptors (Lipinski definition) is 6. The average Bonchev–Trinajstić information content (AvgIpc) is 2.74. The highest BCUT2D eigenvalue weighted by Crippen LogP contribution is 2.26. The fourth-order valence-electron chi connectivity index (χ4n) is 2.11. The van der Waals surface area contributed by atoms with Gasteiger partial charge in [-0.1, -0.05) is 0 Å². The largest absolute Gasteiger partial charge is 0.460 e. The molecule has 0 unspecified atom stereocenters. The van der Waals surface area contributed by atoms with Crippen LogP contribution in [-0.4, -0.2) is 34.0 Å². The van der Waals surface area contributed by atoms with Crippen LogP contribution in [0.15, 0.2) is 0 Å². The normalized spacial score (nSPS) is 17.6. The van der Waals surface area contributed by atoms with E-state index < -0.39 is 5.60 Å². The van der Waals surface area contributed by atoms with Crippen molar-refractivity contribution >= 4 is 22.6 Å². The Bertz CT molecular complexity index is 445. The van der Waals surface area contributed by atoms with Crippen LogP contribution in [0.1, 0.15) is 39.4 Å². The molecule has 0 spiro atoms. The van der Waals surface area contributed by atoms with E-state index in [9.17, 15) is 4.79 Å². The van der Waals surface area contributed by atoms with Crippen molar-refractivity contribution in [2.45, 2.75) is 46.1 Å². The van der Waals surface area contributed by atoms with Crippen molar-refractivity contribution in [1.29, 1.82) is 0 Å². The maximum absolute atomic E-state index is 12.0. The number of esters is 1. The van der Waals surface area contributed by atoms with Gasteiger partial charge >= 0.3 is 5.97 Å². The number of aromatic nitrogens is 2. The summed E-state index contributed by atoms with van der Waals surface area (Å²) in [7, 11) is 0. The topological polar surface area (TPSA) is 55.3 Å². The van der Waals surface area contributed by atoms with Crippen molar-refractivity contribution in [2.24, 2.45) is 5.92 Å². The first kappa shape index (κ1) is 14.2. The Morgan fingerprint density at radius 3 is 2.47 bits per heavy atom. The number of rotatable bonds is 2. The van der Waals surface area contributed by atoms with Crippen LogP contribution in [0.2, 0.25) is 0 Å². The molecule has 0 N–H and O–H groups in total. The van der Waals surface area contributed by atoms with Crippen LogP contribution in [0.4, 0.5) is 5.13 Å². The van der Waals surface area contributed by atoms with Crippen molar-refractivity contribution in [3.8, 4) is 0 Å². The van der Waals surface area contributed by atoms with Crippen LogP contribution in [0.25, 0.3) is 0 Å².